The van der Waals surface area contributed by atoms with Gasteiger partial charge in [-0.05, 0) is 38.0 Å². The summed E-state index contributed by atoms with van der Waals surface area (Å²) in [5.41, 5.74) is 0.0242. The second-order valence-corrected chi connectivity index (χ2v) is 4.93. The number of carboxylic acid groups (broad SMARTS) is 1. The third-order valence-electron chi connectivity index (χ3n) is 3.37. The lowest BCUT2D eigenvalue weighted by Crippen LogP contribution is -2.37. The van der Waals surface area contributed by atoms with Crippen LogP contribution in [0.5, 0.6) is 0 Å². The fourth-order valence-corrected chi connectivity index (χ4v) is 2.24. The minimum atomic E-state index is -1.12. The first kappa shape index (κ1) is 15.4. The number of rotatable bonds is 4. The molecule has 1 amide bonds. The summed E-state index contributed by atoms with van der Waals surface area (Å²) in [6.07, 6.45) is -1.36. The van der Waals surface area contributed by atoms with Gasteiger partial charge in [0, 0.05) is 5.56 Å². The average molecular weight is 299 g/mol. The van der Waals surface area contributed by atoms with E-state index in [1.165, 1.54) is 6.92 Å². The van der Waals surface area contributed by atoms with Gasteiger partial charge in [-0.1, -0.05) is 0 Å². The molecule has 3 unspecified atom stereocenters. The molecule has 0 radical (unpaired) electrons. The second-order valence-electron chi connectivity index (χ2n) is 4.93. The summed E-state index contributed by atoms with van der Waals surface area (Å²) in [5.74, 6) is -2.88. The van der Waals surface area contributed by atoms with Crippen molar-refractivity contribution in [2.45, 2.75) is 38.0 Å². The molecule has 3 atom stereocenters. The van der Waals surface area contributed by atoms with Crippen molar-refractivity contribution in [3.63, 3.8) is 0 Å². The van der Waals surface area contributed by atoms with E-state index in [9.17, 15) is 18.4 Å². The molecule has 2 N–H and O–H groups in total. The molecule has 0 spiro atoms. The molecule has 0 aliphatic carbocycles. The van der Waals surface area contributed by atoms with Gasteiger partial charge in [-0.3, -0.25) is 4.79 Å². The van der Waals surface area contributed by atoms with Crippen molar-refractivity contribution in [1.29, 1.82) is 0 Å². The lowest BCUT2D eigenvalue weighted by Gasteiger charge is -2.18. The molecule has 1 aliphatic heterocycles. The number of halogens is 2. The van der Waals surface area contributed by atoms with E-state index in [0.717, 1.165) is 18.2 Å². The van der Waals surface area contributed by atoms with Crippen LogP contribution in [0.25, 0.3) is 0 Å². The van der Waals surface area contributed by atoms with E-state index in [0.29, 0.717) is 0 Å². The highest BCUT2D eigenvalue weighted by molar-refractivity contribution is 5.83. The minimum absolute atomic E-state index is 0.0242. The lowest BCUT2D eigenvalue weighted by atomic mass is 10.1. The van der Waals surface area contributed by atoms with Gasteiger partial charge in [-0.25, -0.2) is 13.6 Å². The van der Waals surface area contributed by atoms with Gasteiger partial charge >= 0.3 is 5.97 Å². The molecule has 1 aromatic rings. The molecule has 7 heteroatoms. The van der Waals surface area contributed by atoms with Gasteiger partial charge < -0.3 is 15.2 Å². The van der Waals surface area contributed by atoms with Gasteiger partial charge in [0.25, 0.3) is 0 Å². The van der Waals surface area contributed by atoms with Crippen LogP contribution in [0.4, 0.5) is 8.78 Å². The van der Waals surface area contributed by atoms with E-state index < -0.39 is 41.8 Å². The maximum atomic E-state index is 13.6. The Bertz CT molecular complexity index is 564. The van der Waals surface area contributed by atoms with Crippen LogP contribution < -0.4 is 5.32 Å². The summed E-state index contributed by atoms with van der Waals surface area (Å²) in [6.45, 7) is 1.51. The van der Waals surface area contributed by atoms with Gasteiger partial charge in [-0.15, -0.1) is 0 Å². The van der Waals surface area contributed by atoms with Crippen molar-refractivity contribution in [1.82, 2.24) is 5.32 Å². The molecule has 5 nitrogen and oxygen atoms in total. The molecule has 2 rings (SSSR count). The van der Waals surface area contributed by atoms with E-state index >= 15 is 0 Å². The standard InChI is InChI=1S/C14H15F2NO4/c1-7(9-6-8(15)2-3-10(9)16)17-13(18)11-4-5-12(21-11)14(19)20/h2-3,6-7,11-12H,4-5H2,1H3,(H,17,18)(H,19,20). The number of aliphatic carboxylic acids is 1. The summed E-state index contributed by atoms with van der Waals surface area (Å²) < 4.78 is 31.8. The molecule has 1 heterocycles. The molecule has 0 saturated carbocycles. The quantitative estimate of drug-likeness (QED) is 0.888. The third kappa shape index (κ3) is 3.55. The highest BCUT2D eigenvalue weighted by Gasteiger charge is 2.35. The van der Waals surface area contributed by atoms with Crippen molar-refractivity contribution < 1.29 is 28.2 Å². The van der Waals surface area contributed by atoms with Crippen molar-refractivity contribution >= 4 is 11.9 Å². The molecular formula is C14H15F2NO4. The lowest BCUT2D eigenvalue weighted by molar-refractivity contribution is -0.151. The second kappa shape index (κ2) is 6.17. The summed E-state index contributed by atoms with van der Waals surface area (Å²) in [5, 5.41) is 11.3. The third-order valence-corrected chi connectivity index (χ3v) is 3.37. The number of benzene rings is 1. The number of hydrogen-bond acceptors (Lipinski definition) is 3. The monoisotopic (exact) mass is 299 g/mol. The Kier molecular flexibility index (Phi) is 4.52. The SMILES string of the molecule is CC(NC(=O)C1CCC(C(=O)O)O1)c1cc(F)ccc1F. The number of hydrogen-bond donors (Lipinski definition) is 2. The van der Waals surface area contributed by atoms with E-state index in [4.69, 9.17) is 9.84 Å². The zero-order chi connectivity index (χ0) is 15.6. The molecular weight excluding hydrogens is 284 g/mol. The van der Waals surface area contributed by atoms with Crippen molar-refractivity contribution in [3.8, 4) is 0 Å². The van der Waals surface area contributed by atoms with Crippen LogP contribution in [-0.4, -0.2) is 29.2 Å². The normalized spacial score (nSPS) is 22.8. The zero-order valence-electron chi connectivity index (χ0n) is 11.3. The van der Waals surface area contributed by atoms with Crippen molar-refractivity contribution in [2.75, 3.05) is 0 Å². The van der Waals surface area contributed by atoms with E-state index in [-0.39, 0.29) is 18.4 Å². The first-order valence-corrected chi connectivity index (χ1v) is 6.52. The van der Waals surface area contributed by atoms with Crippen LogP contribution >= 0.6 is 0 Å². The molecule has 1 saturated heterocycles. The molecule has 1 aromatic carbocycles. The first-order chi connectivity index (χ1) is 9.88. The summed E-state index contributed by atoms with van der Waals surface area (Å²) in [4.78, 5) is 22.7. The summed E-state index contributed by atoms with van der Waals surface area (Å²) in [6, 6.07) is 2.24. The van der Waals surface area contributed by atoms with Gasteiger partial charge in [0.1, 0.15) is 17.7 Å². The number of nitrogens with one attached hydrogen (secondary N) is 1. The Morgan fingerprint density at radius 1 is 1.33 bits per heavy atom. The number of carbonyl (C=O) groups excluding carboxylic acids is 1. The van der Waals surface area contributed by atoms with Crippen LogP contribution in [0.1, 0.15) is 31.4 Å². The van der Waals surface area contributed by atoms with Crippen molar-refractivity contribution in [2.24, 2.45) is 0 Å². The predicted molar refractivity (Wildman–Crippen MR) is 68.4 cm³/mol. The largest absolute Gasteiger partial charge is 0.479 e. The summed E-state index contributed by atoms with van der Waals surface area (Å²) in [7, 11) is 0. The summed E-state index contributed by atoms with van der Waals surface area (Å²) >= 11 is 0. The molecule has 114 valence electrons. The fourth-order valence-electron chi connectivity index (χ4n) is 2.24. The maximum Gasteiger partial charge on any atom is 0.332 e. The fraction of sp³-hybridized carbons (Fsp3) is 0.429. The predicted octanol–water partition coefficient (Wildman–Crippen LogP) is 1.77. The molecule has 21 heavy (non-hydrogen) atoms. The Labute approximate surface area is 119 Å². The number of carboxylic acids is 1. The molecule has 1 fully saturated rings. The smallest absolute Gasteiger partial charge is 0.332 e. The molecule has 0 bridgehead atoms. The van der Waals surface area contributed by atoms with Gasteiger partial charge in [-0.2, -0.15) is 0 Å². The Morgan fingerprint density at radius 2 is 2.00 bits per heavy atom. The van der Waals surface area contributed by atoms with E-state index in [2.05, 4.69) is 5.32 Å². The Morgan fingerprint density at radius 3 is 2.62 bits per heavy atom. The van der Waals surface area contributed by atoms with Gasteiger partial charge in [0.2, 0.25) is 5.91 Å². The average Bonchev–Trinajstić information content (AvgIpc) is 2.91. The maximum absolute atomic E-state index is 13.6. The minimum Gasteiger partial charge on any atom is -0.479 e. The topological polar surface area (TPSA) is 75.6 Å². The Hall–Kier alpha value is -2.02. The van der Waals surface area contributed by atoms with Crippen LogP contribution in [-0.2, 0) is 14.3 Å². The van der Waals surface area contributed by atoms with Gasteiger partial charge in [0.15, 0.2) is 6.10 Å². The van der Waals surface area contributed by atoms with E-state index in [1.807, 2.05) is 0 Å². The zero-order valence-corrected chi connectivity index (χ0v) is 11.3. The van der Waals surface area contributed by atoms with Crippen LogP contribution in [0.3, 0.4) is 0 Å². The molecule has 0 aromatic heterocycles. The highest BCUT2D eigenvalue weighted by atomic mass is 19.1. The first-order valence-electron chi connectivity index (χ1n) is 6.52. The van der Waals surface area contributed by atoms with Crippen molar-refractivity contribution in [3.05, 3.63) is 35.4 Å². The molecule has 1 aliphatic rings. The van der Waals surface area contributed by atoms with Gasteiger partial charge in [0.05, 0.1) is 6.04 Å². The van der Waals surface area contributed by atoms with Crippen LogP contribution in [0.2, 0.25) is 0 Å². The highest BCUT2D eigenvalue weighted by Crippen LogP contribution is 2.22. The van der Waals surface area contributed by atoms with E-state index in [1.54, 1.807) is 0 Å². The Balaban J connectivity index is 1.99. The number of ether oxygens (including phenoxy) is 1. The van der Waals surface area contributed by atoms with Crippen LogP contribution in [0.15, 0.2) is 18.2 Å². The number of amides is 1. The number of carbonyl (C=O) groups is 2. The van der Waals surface area contributed by atoms with Crippen LogP contribution in [0, 0.1) is 11.6 Å².